The predicted molar refractivity (Wildman–Crippen MR) is 73.1 cm³/mol. The van der Waals surface area contributed by atoms with Crippen molar-refractivity contribution >= 4 is 27.6 Å². The van der Waals surface area contributed by atoms with E-state index in [-0.39, 0.29) is 6.54 Å². The number of benzene rings is 1. The number of rotatable bonds is 2. The molecule has 0 aliphatic carbocycles. The summed E-state index contributed by atoms with van der Waals surface area (Å²) in [7, 11) is 0. The van der Waals surface area contributed by atoms with Crippen LogP contribution in [0.5, 0.6) is 0 Å². The number of aliphatic carboxylic acids is 1. The minimum absolute atomic E-state index is 0.155. The zero-order valence-corrected chi connectivity index (χ0v) is 11.6. The second kappa shape index (κ2) is 4.55. The molecule has 4 nitrogen and oxygen atoms in total. The summed E-state index contributed by atoms with van der Waals surface area (Å²) in [6, 6.07) is 6.72. The highest BCUT2D eigenvalue weighted by atomic mass is 79.9. The molecule has 0 radical (unpaired) electrons. The highest BCUT2D eigenvalue weighted by Crippen LogP contribution is 2.38. The summed E-state index contributed by atoms with van der Waals surface area (Å²) >= 11 is 3.60. The number of fused-ring (bicyclic) bond motifs is 3. The van der Waals surface area contributed by atoms with Gasteiger partial charge in [0.15, 0.2) is 0 Å². The van der Waals surface area contributed by atoms with Gasteiger partial charge in [0.1, 0.15) is 0 Å². The number of carbonyl (C=O) groups is 1. The summed E-state index contributed by atoms with van der Waals surface area (Å²) in [5.41, 5.74) is 2.67. The smallest absolute Gasteiger partial charge is 0.317 e. The Morgan fingerprint density at radius 1 is 1.44 bits per heavy atom. The fourth-order valence-electron chi connectivity index (χ4n) is 3.00. The SMILES string of the molecule is O=C(O)CN1CCN2c3cccc(Br)c3C[C@@H]2C1. The van der Waals surface area contributed by atoms with Crippen LogP contribution in [0.25, 0.3) is 0 Å². The van der Waals surface area contributed by atoms with Crippen LogP contribution in [0.3, 0.4) is 0 Å². The van der Waals surface area contributed by atoms with Gasteiger partial charge in [-0.05, 0) is 24.1 Å². The van der Waals surface area contributed by atoms with Crippen LogP contribution in [0.15, 0.2) is 22.7 Å². The van der Waals surface area contributed by atoms with Gasteiger partial charge in [-0.2, -0.15) is 0 Å². The third kappa shape index (κ3) is 2.01. The molecule has 1 aromatic rings. The molecule has 3 rings (SSSR count). The van der Waals surface area contributed by atoms with Crippen molar-refractivity contribution < 1.29 is 9.90 Å². The van der Waals surface area contributed by atoms with Crippen molar-refractivity contribution in [1.29, 1.82) is 0 Å². The second-order valence-electron chi connectivity index (χ2n) is 4.92. The van der Waals surface area contributed by atoms with Crippen molar-refractivity contribution in [3.8, 4) is 0 Å². The fourth-order valence-corrected chi connectivity index (χ4v) is 3.52. The van der Waals surface area contributed by atoms with Crippen LogP contribution in [0.1, 0.15) is 5.56 Å². The Kier molecular flexibility index (Phi) is 3.03. The topological polar surface area (TPSA) is 43.8 Å². The molecule has 0 unspecified atom stereocenters. The quantitative estimate of drug-likeness (QED) is 0.901. The lowest BCUT2D eigenvalue weighted by atomic mass is 10.1. The maximum absolute atomic E-state index is 10.8. The van der Waals surface area contributed by atoms with Gasteiger partial charge in [-0.25, -0.2) is 0 Å². The molecule has 5 heteroatoms. The maximum atomic E-state index is 10.8. The van der Waals surface area contributed by atoms with Gasteiger partial charge < -0.3 is 10.0 Å². The highest BCUT2D eigenvalue weighted by Gasteiger charge is 2.35. The molecule has 0 spiro atoms. The van der Waals surface area contributed by atoms with E-state index >= 15 is 0 Å². The average Bonchev–Trinajstić information content (AvgIpc) is 2.67. The molecule has 1 fully saturated rings. The van der Waals surface area contributed by atoms with E-state index in [0.29, 0.717) is 6.04 Å². The van der Waals surface area contributed by atoms with Crippen molar-refractivity contribution in [3.05, 3.63) is 28.2 Å². The molecule has 1 N–H and O–H groups in total. The fraction of sp³-hybridized carbons (Fsp3) is 0.462. The van der Waals surface area contributed by atoms with Gasteiger partial charge in [-0.3, -0.25) is 9.69 Å². The first-order valence-electron chi connectivity index (χ1n) is 6.13. The van der Waals surface area contributed by atoms with Crippen molar-refractivity contribution in [3.63, 3.8) is 0 Å². The average molecular weight is 311 g/mol. The third-order valence-electron chi connectivity index (χ3n) is 3.77. The Morgan fingerprint density at radius 3 is 3.06 bits per heavy atom. The number of nitrogens with zero attached hydrogens (tertiary/aromatic N) is 2. The van der Waals surface area contributed by atoms with Crippen molar-refractivity contribution in [2.24, 2.45) is 0 Å². The molecular formula is C13H15BrN2O2. The predicted octanol–water partition coefficient (Wildman–Crippen LogP) is 1.58. The minimum Gasteiger partial charge on any atom is -0.480 e. The van der Waals surface area contributed by atoms with E-state index in [0.717, 1.165) is 26.1 Å². The number of anilines is 1. The van der Waals surface area contributed by atoms with Crippen LogP contribution in [-0.4, -0.2) is 48.2 Å². The second-order valence-corrected chi connectivity index (χ2v) is 5.77. The van der Waals surface area contributed by atoms with E-state index in [1.807, 2.05) is 4.90 Å². The summed E-state index contributed by atoms with van der Waals surface area (Å²) in [6.07, 6.45) is 1.01. The first kappa shape index (κ1) is 12.0. The van der Waals surface area contributed by atoms with Crippen LogP contribution in [0.4, 0.5) is 5.69 Å². The monoisotopic (exact) mass is 310 g/mol. The Labute approximate surface area is 114 Å². The Balaban J connectivity index is 1.79. The number of hydrogen-bond acceptors (Lipinski definition) is 3. The number of hydrogen-bond donors (Lipinski definition) is 1. The molecule has 18 heavy (non-hydrogen) atoms. The van der Waals surface area contributed by atoms with Crippen molar-refractivity contribution in [2.45, 2.75) is 12.5 Å². The molecule has 0 bridgehead atoms. The lowest BCUT2D eigenvalue weighted by Gasteiger charge is -2.38. The van der Waals surface area contributed by atoms with Gasteiger partial charge in [-0.1, -0.05) is 22.0 Å². The Hall–Kier alpha value is -1.07. The number of halogens is 1. The molecule has 1 aromatic carbocycles. The molecule has 96 valence electrons. The van der Waals surface area contributed by atoms with Gasteiger partial charge in [0.05, 0.1) is 6.54 Å². The summed E-state index contributed by atoms with van der Waals surface area (Å²) in [5.74, 6) is -0.736. The van der Waals surface area contributed by atoms with Crippen LogP contribution < -0.4 is 4.90 Å². The molecule has 1 atom stereocenters. The normalized spacial score (nSPS) is 22.7. The maximum Gasteiger partial charge on any atom is 0.317 e. The lowest BCUT2D eigenvalue weighted by molar-refractivity contribution is -0.138. The number of carboxylic acids is 1. The molecule has 2 heterocycles. The van der Waals surface area contributed by atoms with Crippen LogP contribution in [0, 0.1) is 0 Å². The largest absolute Gasteiger partial charge is 0.480 e. The highest BCUT2D eigenvalue weighted by molar-refractivity contribution is 9.10. The van der Waals surface area contributed by atoms with Gasteiger partial charge in [0.25, 0.3) is 0 Å². The van der Waals surface area contributed by atoms with Gasteiger partial charge in [0.2, 0.25) is 0 Å². The van der Waals surface area contributed by atoms with E-state index < -0.39 is 5.97 Å². The van der Waals surface area contributed by atoms with E-state index in [9.17, 15) is 4.79 Å². The molecule has 1 saturated heterocycles. The first-order chi connectivity index (χ1) is 8.65. The van der Waals surface area contributed by atoms with Gasteiger partial charge in [-0.15, -0.1) is 0 Å². The van der Waals surface area contributed by atoms with Crippen LogP contribution >= 0.6 is 15.9 Å². The Bertz CT molecular complexity index is 492. The van der Waals surface area contributed by atoms with E-state index in [1.54, 1.807) is 0 Å². The summed E-state index contributed by atoms with van der Waals surface area (Å²) in [6.45, 7) is 2.74. The number of piperazine rings is 1. The molecule has 0 amide bonds. The van der Waals surface area contributed by atoms with Crippen LogP contribution in [0.2, 0.25) is 0 Å². The van der Waals surface area contributed by atoms with Gasteiger partial charge >= 0.3 is 5.97 Å². The first-order valence-corrected chi connectivity index (χ1v) is 6.92. The summed E-state index contributed by atoms with van der Waals surface area (Å²) < 4.78 is 1.17. The van der Waals surface area contributed by atoms with E-state index in [1.165, 1.54) is 15.7 Å². The third-order valence-corrected chi connectivity index (χ3v) is 4.51. The molecule has 0 saturated carbocycles. The molecule has 2 aliphatic rings. The number of carboxylic acid groups (broad SMARTS) is 1. The lowest BCUT2D eigenvalue weighted by Crippen LogP contribution is -2.52. The van der Waals surface area contributed by atoms with E-state index in [2.05, 4.69) is 39.0 Å². The zero-order chi connectivity index (χ0) is 12.7. The standard InChI is InChI=1S/C13H15BrN2O2/c14-11-2-1-3-12-10(11)6-9-7-15(8-13(17)18)4-5-16(9)12/h1-3,9H,4-8H2,(H,17,18)/t9-/m1/s1. The van der Waals surface area contributed by atoms with E-state index in [4.69, 9.17) is 5.11 Å². The van der Waals surface area contributed by atoms with Crippen molar-refractivity contribution in [2.75, 3.05) is 31.1 Å². The zero-order valence-electron chi connectivity index (χ0n) is 9.97. The Morgan fingerprint density at radius 2 is 2.28 bits per heavy atom. The van der Waals surface area contributed by atoms with Crippen LogP contribution in [-0.2, 0) is 11.2 Å². The summed E-state index contributed by atoms with van der Waals surface area (Å²) in [4.78, 5) is 15.2. The molecule has 0 aromatic heterocycles. The molecular weight excluding hydrogens is 296 g/mol. The van der Waals surface area contributed by atoms with Gasteiger partial charge in [0, 0.05) is 35.8 Å². The molecule has 2 aliphatic heterocycles. The van der Waals surface area contributed by atoms with Crippen molar-refractivity contribution in [1.82, 2.24) is 4.90 Å². The summed E-state index contributed by atoms with van der Waals surface area (Å²) in [5, 5.41) is 8.86. The minimum atomic E-state index is -0.736.